The highest BCUT2D eigenvalue weighted by Gasteiger charge is 2.13. The summed E-state index contributed by atoms with van der Waals surface area (Å²) in [6, 6.07) is 7.51. The Hall–Kier alpha value is -1.94. The molecule has 2 rings (SSSR count). The summed E-state index contributed by atoms with van der Waals surface area (Å²) in [5, 5.41) is 10.3. The summed E-state index contributed by atoms with van der Waals surface area (Å²) in [6.07, 6.45) is 4.10. The number of rotatable bonds is 4. The Labute approximate surface area is 107 Å². The highest BCUT2D eigenvalue weighted by molar-refractivity contribution is 5.33. The molecule has 0 radical (unpaired) electrons. The van der Waals surface area contributed by atoms with Crippen molar-refractivity contribution in [2.45, 2.75) is 25.9 Å². The van der Waals surface area contributed by atoms with Crippen LogP contribution < -0.4 is 5.73 Å². The van der Waals surface area contributed by atoms with Crippen molar-refractivity contribution in [2.24, 2.45) is 0 Å². The largest absolute Gasteiger partial charge is 0.386 e. The van der Waals surface area contributed by atoms with Crippen molar-refractivity contribution in [1.29, 1.82) is 0 Å². The van der Waals surface area contributed by atoms with E-state index >= 15 is 0 Å². The third-order valence-corrected chi connectivity index (χ3v) is 2.90. The second-order valence-corrected chi connectivity index (χ2v) is 4.21. The van der Waals surface area contributed by atoms with E-state index in [-0.39, 0.29) is 0 Å². The summed E-state index contributed by atoms with van der Waals surface area (Å²) >= 11 is 0. The van der Waals surface area contributed by atoms with Crippen LogP contribution in [-0.2, 0) is 12.8 Å². The summed E-state index contributed by atoms with van der Waals surface area (Å²) in [7, 11) is 0. The summed E-state index contributed by atoms with van der Waals surface area (Å²) in [5.41, 5.74) is 8.40. The first-order valence-corrected chi connectivity index (χ1v) is 6.03. The predicted molar refractivity (Wildman–Crippen MR) is 70.9 cm³/mol. The van der Waals surface area contributed by atoms with Gasteiger partial charge in [-0.25, -0.2) is 4.98 Å². The Morgan fingerprint density at radius 2 is 2.11 bits per heavy atom. The summed E-state index contributed by atoms with van der Waals surface area (Å²) in [4.78, 5) is 8.21. The van der Waals surface area contributed by atoms with Crippen molar-refractivity contribution in [3.05, 3.63) is 53.5 Å². The normalized spacial score (nSPS) is 12.3. The lowest BCUT2D eigenvalue weighted by Gasteiger charge is -2.13. The van der Waals surface area contributed by atoms with Gasteiger partial charge in [-0.15, -0.1) is 0 Å². The molecule has 2 heterocycles. The van der Waals surface area contributed by atoms with E-state index in [9.17, 15) is 5.11 Å². The average molecular weight is 243 g/mol. The number of hydrogen-bond donors (Lipinski definition) is 2. The van der Waals surface area contributed by atoms with E-state index in [1.165, 1.54) is 0 Å². The van der Waals surface area contributed by atoms with Crippen LogP contribution in [0.3, 0.4) is 0 Å². The third kappa shape index (κ3) is 2.84. The quantitative estimate of drug-likeness (QED) is 0.860. The molecule has 2 aromatic heterocycles. The van der Waals surface area contributed by atoms with Gasteiger partial charge in [-0.3, -0.25) is 4.98 Å². The molecular formula is C14H17N3O. The second kappa shape index (κ2) is 5.60. The van der Waals surface area contributed by atoms with Gasteiger partial charge in [0.25, 0.3) is 0 Å². The molecule has 0 fully saturated rings. The minimum atomic E-state index is -0.608. The molecule has 94 valence electrons. The standard InChI is InChI=1S/C14H17N3O/c1-2-11-4-3-6-17-14(11)12(18)8-10-5-7-16-13(15)9-10/h3-7,9,12,18H,2,8H2,1H3,(H2,15,16). The van der Waals surface area contributed by atoms with Crippen LogP contribution in [0.5, 0.6) is 0 Å². The van der Waals surface area contributed by atoms with Gasteiger partial charge < -0.3 is 10.8 Å². The Balaban J connectivity index is 2.19. The summed E-state index contributed by atoms with van der Waals surface area (Å²) < 4.78 is 0. The molecule has 0 aliphatic heterocycles. The number of anilines is 1. The van der Waals surface area contributed by atoms with Crippen LogP contribution in [0.1, 0.15) is 29.8 Å². The topological polar surface area (TPSA) is 72.0 Å². The first-order valence-electron chi connectivity index (χ1n) is 6.03. The lowest BCUT2D eigenvalue weighted by molar-refractivity contribution is 0.172. The van der Waals surface area contributed by atoms with Gasteiger partial charge in [0.2, 0.25) is 0 Å². The van der Waals surface area contributed by atoms with Crippen LogP contribution in [0.25, 0.3) is 0 Å². The molecule has 0 bridgehead atoms. The van der Waals surface area contributed by atoms with Crippen LogP contribution in [0.15, 0.2) is 36.7 Å². The van der Waals surface area contributed by atoms with Crippen molar-refractivity contribution in [2.75, 3.05) is 5.73 Å². The number of hydrogen-bond acceptors (Lipinski definition) is 4. The number of nitrogen functional groups attached to an aromatic ring is 1. The maximum atomic E-state index is 10.3. The van der Waals surface area contributed by atoms with E-state index in [0.29, 0.717) is 12.2 Å². The van der Waals surface area contributed by atoms with Crippen molar-refractivity contribution < 1.29 is 5.11 Å². The first-order chi connectivity index (χ1) is 8.70. The lowest BCUT2D eigenvalue weighted by Crippen LogP contribution is -2.08. The molecule has 1 atom stereocenters. The number of aliphatic hydroxyl groups is 1. The first kappa shape index (κ1) is 12.5. The van der Waals surface area contributed by atoms with Crippen LogP contribution in [-0.4, -0.2) is 15.1 Å². The minimum Gasteiger partial charge on any atom is -0.386 e. The number of nitrogens with two attached hydrogens (primary N) is 1. The van der Waals surface area contributed by atoms with Crippen molar-refractivity contribution in [3.63, 3.8) is 0 Å². The zero-order valence-electron chi connectivity index (χ0n) is 10.4. The summed E-state index contributed by atoms with van der Waals surface area (Å²) in [5.74, 6) is 0.469. The molecule has 0 aliphatic carbocycles. The van der Waals surface area contributed by atoms with Gasteiger partial charge in [-0.1, -0.05) is 13.0 Å². The molecule has 1 unspecified atom stereocenters. The minimum absolute atomic E-state index is 0.469. The maximum Gasteiger partial charge on any atom is 0.123 e. The smallest absolute Gasteiger partial charge is 0.123 e. The van der Waals surface area contributed by atoms with E-state index in [4.69, 9.17) is 5.73 Å². The zero-order chi connectivity index (χ0) is 13.0. The Kier molecular flexibility index (Phi) is 3.89. The van der Waals surface area contributed by atoms with Crippen LogP contribution in [0, 0.1) is 0 Å². The Morgan fingerprint density at radius 3 is 2.83 bits per heavy atom. The predicted octanol–water partition coefficient (Wildman–Crippen LogP) is 1.90. The molecular weight excluding hydrogens is 226 g/mol. The van der Waals surface area contributed by atoms with Gasteiger partial charge in [0.05, 0.1) is 5.69 Å². The van der Waals surface area contributed by atoms with E-state index in [1.807, 2.05) is 18.2 Å². The van der Waals surface area contributed by atoms with Crippen molar-refractivity contribution in [1.82, 2.24) is 9.97 Å². The fourth-order valence-corrected chi connectivity index (χ4v) is 1.99. The third-order valence-electron chi connectivity index (χ3n) is 2.90. The Bertz CT molecular complexity index is 528. The van der Waals surface area contributed by atoms with E-state index in [0.717, 1.165) is 23.2 Å². The van der Waals surface area contributed by atoms with Crippen LogP contribution in [0.2, 0.25) is 0 Å². The molecule has 0 saturated heterocycles. The fourth-order valence-electron chi connectivity index (χ4n) is 1.99. The van der Waals surface area contributed by atoms with Crippen molar-refractivity contribution in [3.8, 4) is 0 Å². The molecule has 18 heavy (non-hydrogen) atoms. The van der Waals surface area contributed by atoms with E-state index in [1.54, 1.807) is 18.5 Å². The Morgan fingerprint density at radius 1 is 1.28 bits per heavy atom. The molecule has 0 amide bonds. The molecule has 2 aromatic rings. The molecule has 3 N–H and O–H groups in total. The highest BCUT2D eigenvalue weighted by Crippen LogP contribution is 2.20. The SMILES string of the molecule is CCc1cccnc1C(O)Cc1ccnc(N)c1. The number of aliphatic hydroxyl groups excluding tert-OH is 1. The van der Waals surface area contributed by atoms with Gasteiger partial charge in [0.1, 0.15) is 11.9 Å². The number of nitrogens with zero attached hydrogens (tertiary/aromatic N) is 2. The highest BCUT2D eigenvalue weighted by atomic mass is 16.3. The van der Waals surface area contributed by atoms with Crippen LogP contribution in [0.4, 0.5) is 5.82 Å². The zero-order valence-corrected chi connectivity index (χ0v) is 10.4. The molecule has 0 aromatic carbocycles. The average Bonchev–Trinajstić information content (AvgIpc) is 2.38. The fraction of sp³-hybridized carbons (Fsp3) is 0.286. The monoisotopic (exact) mass is 243 g/mol. The summed E-state index contributed by atoms with van der Waals surface area (Å²) in [6.45, 7) is 2.05. The van der Waals surface area contributed by atoms with Gasteiger partial charge >= 0.3 is 0 Å². The van der Waals surface area contributed by atoms with Gasteiger partial charge in [0, 0.05) is 18.8 Å². The van der Waals surface area contributed by atoms with Crippen LogP contribution >= 0.6 is 0 Å². The van der Waals surface area contributed by atoms with Crippen molar-refractivity contribution >= 4 is 5.82 Å². The van der Waals surface area contributed by atoms with Gasteiger partial charge in [-0.05, 0) is 35.7 Å². The molecule has 0 saturated carbocycles. The van der Waals surface area contributed by atoms with Gasteiger partial charge in [0.15, 0.2) is 0 Å². The number of aromatic nitrogens is 2. The molecule has 0 spiro atoms. The molecule has 4 nitrogen and oxygen atoms in total. The molecule has 0 aliphatic rings. The maximum absolute atomic E-state index is 10.3. The molecule has 4 heteroatoms. The lowest BCUT2D eigenvalue weighted by atomic mass is 10.0. The van der Waals surface area contributed by atoms with E-state index < -0.39 is 6.10 Å². The number of aryl methyl sites for hydroxylation is 1. The second-order valence-electron chi connectivity index (χ2n) is 4.21. The van der Waals surface area contributed by atoms with Gasteiger partial charge in [-0.2, -0.15) is 0 Å². The number of pyridine rings is 2. The van der Waals surface area contributed by atoms with E-state index in [2.05, 4.69) is 16.9 Å².